The van der Waals surface area contributed by atoms with Crippen LogP contribution in [0.15, 0.2) is 59.5 Å². The number of amides is 1. The third kappa shape index (κ3) is 4.05. The van der Waals surface area contributed by atoms with Crippen LogP contribution in [0.25, 0.3) is 22.6 Å². The lowest BCUT2D eigenvalue weighted by Gasteiger charge is -2.32. The number of carbonyl (C=O) groups excluding carboxylic acids is 1. The zero-order valence-corrected chi connectivity index (χ0v) is 19.3. The third-order valence-electron chi connectivity index (χ3n) is 5.41. The van der Waals surface area contributed by atoms with E-state index in [1.54, 1.807) is 29.2 Å². The van der Waals surface area contributed by atoms with E-state index >= 15 is 0 Å². The van der Waals surface area contributed by atoms with Gasteiger partial charge in [0.15, 0.2) is 5.76 Å². The highest BCUT2D eigenvalue weighted by Gasteiger charge is 2.37. The second-order valence-electron chi connectivity index (χ2n) is 7.60. The number of anilines is 1. The fraction of sp³-hybridized carbons (Fsp3) is 0.182. The zero-order valence-electron chi connectivity index (χ0n) is 17.5. The van der Waals surface area contributed by atoms with Crippen molar-refractivity contribution in [1.29, 1.82) is 0 Å². The maximum absolute atomic E-state index is 13.4. The molecule has 0 saturated carbocycles. The first-order chi connectivity index (χ1) is 15.7. The molecule has 34 heavy (non-hydrogen) atoms. The molecule has 0 unspecified atom stereocenters. The summed E-state index contributed by atoms with van der Waals surface area (Å²) in [5, 5.41) is 7.94. The number of pyridine rings is 1. The van der Waals surface area contributed by atoms with Crippen molar-refractivity contribution >= 4 is 36.7 Å². The predicted molar refractivity (Wildman–Crippen MR) is 124 cm³/mol. The van der Waals surface area contributed by atoms with Crippen LogP contribution >= 0.6 is 25.1 Å². The average molecular weight is 508 g/mol. The number of hydrogen-bond donors (Lipinski definition) is 0. The number of fused-ring (bicyclic) bond motifs is 1. The normalized spacial score (nSPS) is 15.7. The molecule has 4 heterocycles. The van der Waals surface area contributed by atoms with Gasteiger partial charge < -0.3 is 9.42 Å². The van der Waals surface area contributed by atoms with Crippen LogP contribution in [0.5, 0.6) is 0 Å². The molecule has 0 spiro atoms. The van der Waals surface area contributed by atoms with Gasteiger partial charge in [-0.15, -0.1) is 0 Å². The molecule has 176 valence electrons. The maximum Gasteiger partial charge on any atom is 0.417 e. The van der Waals surface area contributed by atoms with Gasteiger partial charge in [-0.25, -0.2) is 0 Å². The van der Waals surface area contributed by atoms with Crippen LogP contribution in [0.3, 0.4) is 0 Å². The molecule has 7 nitrogen and oxygen atoms in total. The Hall–Kier alpha value is -3.31. The largest absolute Gasteiger partial charge is 0.417 e. The summed E-state index contributed by atoms with van der Waals surface area (Å²) < 4.78 is 46.3. The summed E-state index contributed by atoms with van der Waals surface area (Å²) in [7, 11) is 0. The van der Waals surface area contributed by atoms with E-state index in [2.05, 4.69) is 15.2 Å². The highest BCUT2D eigenvalue weighted by Crippen LogP contribution is 2.38. The third-order valence-corrected chi connectivity index (χ3v) is 5.72. The average Bonchev–Trinajstić information content (AvgIpc) is 3.43. The molecule has 1 aliphatic heterocycles. The summed E-state index contributed by atoms with van der Waals surface area (Å²) in [4.78, 5) is 18.9. The van der Waals surface area contributed by atoms with Gasteiger partial charge in [0.25, 0.3) is 5.91 Å². The van der Waals surface area contributed by atoms with E-state index in [-0.39, 0.29) is 37.5 Å². The molecule has 1 aliphatic rings. The Labute approximate surface area is 203 Å². The number of benzene rings is 1. The molecule has 0 bridgehead atoms. The smallest absolute Gasteiger partial charge is 0.356 e. The number of nitrogens with zero attached hydrogens (tertiary/aromatic N) is 5. The molecule has 1 aromatic carbocycles. The van der Waals surface area contributed by atoms with Crippen molar-refractivity contribution in [2.24, 2.45) is 0 Å². The number of halogens is 4. The van der Waals surface area contributed by atoms with Gasteiger partial charge in [0.1, 0.15) is 11.4 Å². The minimum absolute atomic E-state index is 0. The molecule has 12 heteroatoms. The van der Waals surface area contributed by atoms with Crippen molar-refractivity contribution in [3.05, 3.63) is 71.3 Å². The van der Waals surface area contributed by atoms with Gasteiger partial charge in [0.05, 0.1) is 28.4 Å². The Morgan fingerprint density at radius 2 is 1.97 bits per heavy atom. The lowest BCUT2D eigenvalue weighted by Crippen LogP contribution is -2.42. The Morgan fingerprint density at radius 3 is 2.65 bits per heavy atom. The van der Waals surface area contributed by atoms with Gasteiger partial charge in [0.2, 0.25) is 0 Å². The van der Waals surface area contributed by atoms with E-state index in [1.165, 1.54) is 17.2 Å². The van der Waals surface area contributed by atoms with E-state index in [0.717, 1.165) is 17.7 Å². The number of rotatable bonds is 3. The molecule has 0 radical (unpaired) electrons. The highest BCUT2D eigenvalue weighted by atomic mass is 35.5. The summed E-state index contributed by atoms with van der Waals surface area (Å²) in [6.45, 7) is 2.07. The summed E-state index contributed by atoms with van der Waals surface area (Å²) in [5.74, 6) is 0.0445. The van der Waals surface area contributed by atoms with E-state index in [4.69, 9.17) is 16.1 Å². The van der Waals surface area contributed by atoms with Crippen LogP contribution < -0.4 is 4.90 Å². The Balaban J connectivity index is 0.00000274. The molecule has 0 fully saturated rings. The Morgan fingerprint density at radius 1 is 1.18 bits per heavy atom. The van der Waals surface area contributed by atoms with Crippen molar-refractivity contribution in [2.45, 2.75) is 19.1 Å². The van der Waals surface area contributed by atoms with Crippen molar-refractivity contribution in [3.8, 4) is 22.6 Å². The van der Waals surface area contributed by atoms with Crippen LogP contribution in [0, 0.1) is 0 Å². The molecule has 1 atom stereocenters. The Bertz CT molecular complexity index is 1360. The predicted octanol–water partition coefficient (Wildman–Crippen LogP) is 5.61. The number of alkyl halides is 3. The van der Waals surface area contributed by atoms with Crippen LogP contribution in [0.2, 0.25) is 5.02 Å². The second kappa shape index (κ2) is 8.80. The lowest BCUT2D eigenvalue weighted by molar-refractivity contribution is -0.137. The molecule has 0 aliphatic carbocycles. The van der Waals surface area contributed by atoms with Crippen molar-refractivity contribution in [3.63, 3.8) is 0 Å². The van der Waals surface area contributed by atoms with Crippen molar-refractivity contribution in [1.82, 2.24) is 19.9 Å². The van der Waals surface area contributed by atoms with Gasteiger partial charge in [-0.1, -0.05) is 16.8 Å². The van der Waals surface area contributed by atoms with E-state index in [9.17, 15) is 18.0 Å². The number of carbonyl (C=O) groups is 1. The summed E-state index contributed by atoms with van der Waals surface area (Å²) in [6, 6.07) is 8.28. The monoisotopic (exact) mass is 507 g/mol. The summed E-state index contributed by atoms with van der Waals surface area (Å²) >= 11 is 5.88. The van der Waals surface area contributed by atoms with Crippen LogP contribution in [0.4, 0.5) is 18.9 Å². The molecule has 0 saturated heterocycles. The van der Waals surface area contributed by atoms with Crippen molar-refractivity contribution < 1.29 is 22.5 Å². The van der Waals surface area contributed by atoms with Gasteiger partial charge in [-0.3, -0.25) is 14.5 Å². The fourth-order valence-electron chi connectivity index (χ4n) is 3.82. The van der Waals surface area contributed by atoms with E-state index in [1.807, 2.05) is 13.0 Å². The summed E-state index contributed by atoms with van der Waals surface area (Å²) in [6.07, 6.45) is 0.204. The molecule has 4 aromatic rings. The zero-order chi connectivity index (χ0) is 23.3. The standard InChI is InChI=1S/C22H15ClF3N5O2.H2S/c1-12-11-30(14-4-5-16(17(23)7-14)22(24,25)26)21(32)20-15(10-28-31(12)20)18-8-19(33-29-18)13-3-2-6-27-9-13;/h2-10,12H,11H2,1H3;1H2/t12-;/m0./s1. The Kier molecular flexibility index (Phi) is 6.17. The van der Waals surface area contributed by atoms with Crippen LogP contribution in [0.1, 0.15) is 29.0 Å². The fourth-order valence-corrected chi connectivity index (χ4v) is 4.10. The molecule has 5 rings (SSSR count). The molecular weight excluding hydrogens is 491 g/mol. The minimum Gasteiger partial charge on any atom is -0.356 e. The molecule has 3 aromatic heterocycles. The quantitative estimate of drug-likeness (QED) is 0.360. The topological polar surface area (TPSA) is 77.1 Å². The van der Waals surface area contributed by atoms with E-state index < -0.39 is 22.7 Å². The molecular formula is C22H17ClF3N5O2S. The maximum atomic E-state index is 13.4. The van der Waals surface area contributed by atoms with Gasteiger partial charge in [-0.2, -0.15) is 31.8 Å². The molecule has 1 amide bonds. The number of hydrogen-bond acceptors (Lipinski definition) is 5. The minimum atomic E-state index is -4.58. The first-order valence-corrected chi connectivity index (χ1v) is 10.3. The lowest BCUT2D eigenvalue weighted by atomic mass is 10.1. The highest BCUT2D eigenvalue weighted by molar-refractivity contribution is 7.59. The van der Waals surface area contributed by atoms with Crippen LogP contribution in [-0.4, -0.2) is 32.4 Å². The first-order valence-electron chi connectivity index (χ1n) is 9.87. The summed E-state index contributed by atoms with van der Waals surface area (Å²) in [5.41, 5.74) is 1.14. The first kappa shape index (κ1) is 23.8. The van der Waals surface area contributed by atoms with Crippen LogP contribution in [-0.2, 0) is 6.18 Å². The molecule has 0 N–H and O–H groups in total. The second-order valence-corrected chi connectivity index (χ2v) is 8.00. The van der Waals surface area contributed by atoms with Gasteiger partial charge in [-0.05, 0) is 37.3 Å². The van der Waals surface area contributed by atoms with Gasteiger partial charge in [0, 0.05) is 36.3 Å². The van der Waals surface area contributed by atoms with E-state index in [0.29, 0.717) is 17.0 Å². The van der Waals surface area contributed by atoms with Gasteiger partial charge >= 0.3 is 6.18 Å². The SMILES string of the molecule is C[C@H]1CN(c2ccc(C(F)(F)F)c(Cl)c2)C(=O)c2c(-c3cc(-c4cccnc4)on3)cnn21.S. The number of aromatic nitrogens is 4. The van der Waals surface area contributed by atoms with Crippen molar-refractivity contribution in [2.75, 3.05) is 11.4 Å².